The van der Waals surface area contributed by atoms with Gasteiger partial charge in [-0.25, -0.2) is 0 Å². The molecule has 0 saturated heterocycles. The first-order chi connectivity index (χ1) is 8.27. The van der Waals surface area contributed by atoms with Gasteiger partial charge in [-0.1, -0.05) is 6.07 Å². The number of ether oxygens (including phenoxy) is 1. The molecule has 0 aromatic carbocycles. The SMILES string of the molecule is CCOC(=O)C(C#N)c1cccn2cnnc12. The summed E-state index contributed by atoms with van der Waals surface area (Å²) in [5.41, 5.74) is 0.998. The minimum Gasteiger partial charge on any atom is -0.465 e. The summed E-state index contributed by atoms with van der Waals surface area (Å²) in [5, 5.41) is 16.7. The van der Waals surface area contributed by atoms with Crippen LogP contribution in [0.15, 0.2) is 24.7 Å². The fourth-order valence-electron chi connectivity index (χ4n) is 1.57. The van der Waals surface area contributed by atoms with Crippen LogP contribution in [0.2, 0.25) is 0 Å². The zero-order valence-corrected chi connectivity index (χ0v) is 9.20. The largest absolute Gasteiger partial charge is 0.465 e. The molecule has 0 N–H and O–H groups in total. The standard InChI is InChI=1S/C11H10N4O2/c1-2-17-11(16)9(6-12)8-4-3-5-15-7-13-14-10(8)15/h3-5,7,9H,2H2,1H3. The van der Waals surface area contributed by atoms with Gasteiger partial charge in [0.1, 0.15) is 6.33 Å². The molecule has 2 aromatic rings. The molecule has 2 heterocycles. The van der Waals surface area contributed by atoms with Crippen molar-refractivity contribution in [1.82, 2.24) is 14.6 Å². The topological polar surface area (TPSA) is 80.3 Å². The fraction of sp³-hybridized carbons (Fsp3) is 0.273. The van der Waals surface area contributed by atoms with Crippen molar-refractivity contribution in [2.75, 3.05) is 6.61 Å². The number of hydrogen-bond donors (Lipinski definition) is 0. The summed E-state index contributed by atoms with van der Waals surface area (Å²) < 4.78 is 6.51. The Hall–Kier alpha value is -2.42. The molecule has 0 aliphatic rings. The van der Waals surface area contributed by atoms with Gasteiger partial charge in [-0.3, -0.25) is 9.20 Å². The summed E-state index contributed by atoms with van der Waals surface area (Å²) in [7, 11) is 0. The molecule has 0 spiro atoms. The van der Waals surface area contributed by atoms with E-state index in [-0.39, 0.29) is 6.61 Å². The van der Waals surface area contributed by atoms with Crippen molar-refractivity contribution in [3.63, 3.8) is 0 Å². The van der Waals surface area contributed by atoms with Gasteiger partial charge in [0.05, 0.1) is 12.7 Å². The summed E-state index contributed by atoms with van der Waals surface area (Å²) in [5.74, 6) is -1.53. The molecule has 86 valence electrons. The monoisotopic (exact) mass is 230 g/mol. The predicted octanol–water partition coefficient (Wildman–Crippen LogP) is 0.900. The zero-order valence-electron chi connectivity index (χ0n) is 9.20. The van der Waals surface area contributed by atoms with Gasteiger partial charge >= 0.3 is 5.97 Å². The van der Waals surface area contributed by atoms with E-state index in [0.717, 1.165) is 0 Å². The van der Waals surface area contributed by atoms with E-state index in [1.165, 1.54) is 6.33 Å². The predicted molar refractivity (Wildman–Crippen MR) is 58.0 cm³/mol. The van der Waals surface area contributed by atoms with Crippen LogP contribution in [0.1, 0.15) is 18.4 Å². The number of carbonyl (C=O) groups excluding carboxylic acids is 1. The van der Waals surface area contributed by atoms with Crippen molar-refractivity contribution in [3.05, 3.63) is 30.2 Å². The average molecular weight is 230 g/mol. The molecule has 2 aromatic heterocycles. The van der Waals surface area contributed by atoms with Gasteiger partial charge in [0.15, 0.2) is 11.6 Å². The van der Waals surface area contributed by atoms with Crippen LogP contribution in [0.25, 0.3) is 5.65 Å². The van der Waals surface area contributed by atoms with Crippen molar-refractivity contribution in [3.8, 4) is 6.07 Å². The summed E-state index contributed by atoms with van der Waals surface area (Å²) >= 11 is 0. The third kappa shape index (κ3) is 1.95. The van der Waals surface area contributed by atoms with Crippen LogP contribution in [0, 0.1) is 11.3 Å². The average Bonchev–Trinajstić information content (AvgIpc) is 2.79. The second-order valence-electron chi connectivity index (χ2n) is 3.34. The van der Waals surface area contributed by atoms with Gasteiger partial charge in [0, 0.05) is 11.8 Å². The smallest absolute Gasteiger partial charge is 0.328 e. The first-order valence-electron chi connectivity index (χ1n) is 5.12. The van der Waals surface area contributed by atoms with Crippen molar-refractivity contribution >= 4 is 11.6 Å². The van der Waals surface area contributed by atoms with Crippen molar-refractivity contribution in [2.45, 2.75) is 12.8 Å². The lowest BCUT2D eigenvalue weighted by molar-refractivity contribution is -0.143. The van der Waals surface area contributed by atoms with Gasteiger partial charge in [-0.15, -0.1) is 10.2 Å². The summed E-state index contributed by atoms with van der Waals surface area (Å²) in [6, 6.07) is 5.34. The Morgan fingerprint density at radius 3 is 3.24 bits per heavy atom. The molecule has 0 aliphatic carbocycles. The van der Waals surface area contributed by atoms with Crippen LogP contribution in [-0.2, 0) is 9.53 Å². The zero-order chi connectivity index (χ0) is 12.3. The highest BCUT2D eigenvalue weighted by Gasteiger charge is 2.24. The third-order valence-electron chi connectivity index (χ3n) is 2.32. The number of rotatable bonds is 3. The fourth-order valence-corrected chi connectivity index (χ4v) is 1.57. The number of aromatic nitrogens is 3. The number of fused-ring (bicyclic) bond motifs is 1. The van der Waals surface area contributed by atoms with E-state index in [2.05, 4.69) is 10.2 Å². The molecule has 6 nitrogen and oxygen atoms in total. The highest BCUT2D eigenvalue weighted by Crippen LogP contribution is 2.20. The molecular weight excluding hydrogens is 220 g/mol. The van der Waals surface area contributed by atoms with E-state index in [9.17, 15) is 4.79 Å². The molecule has 17 heavy (non-hydrogen) atoms. The third-order valence-corrected chi connectivity index (χ3v) is 2.32. The van der Waals surface area contributed by atoms with Crippen LogP contribution in [0.3, 0.4) is 0 Å². The first kappa shape index (κ1) is 11.1. The molecule has 1 atom stereocenters. The maximum Gasteiger partial charge on any atom is 0.328 e. The van der Waals surface area contributed by atoms with Crippen LogP contribution < -0.4 is 0 Å². The van der Waals surface area contributed by atoms with E-state index in [0.29, 0.717) is 11.2 Å². The Labute approximate surface area is 97.4 Å². The lowest BCUT2D eigenvalue weighted by Gasteiger charge is -2.08. The maximum absolute atomic E-state index is 11.6. The van der Waals surface area contributed by atoms with Crippen molar-refractivity contribution < 1.29 is 9.53 Å². The molecule has 0 saturated carbocycles. The Morgan fingerprint density at radius 2 is 2.53 bits per heavy atom. The van der Waals surface area contributed by atoms with Gasteiger partial charge in [0.25, 0.3) is 0 Å². The molecule has 1 unspecified atom stereocenters. The first-order valence-corrected chi connectivity index (χ1v) is 5.12. The number of nitriles is 1. The second-order valence-corrected chi connectivity index (χ2v) is 3.34. The summed E-state index contributed by atoms with van der Waals surface area (Å²) in [6.45, 7) is 1.94. The molecule has 0 amide bonds. The quantitative estimate of drug-likeness (QED) is 0.732. The number of hydrogen-bond acceptors (Lipinski definition) is 5. The van der Waals surface area contributed by atoms with Gasteiger partial charge < -0.3 is 4.74 Å². The van der Waals surface area contributed by atoms with Crippen molar-refractivity contribution in [2.24, 2.45) is 0 Å². The van der Waals surface area contributed by atoms with Crippen LogP contribution in [0.5, 0.6) is 0 Å². The lowest BCUT2D eigenvalue weighted by atomic mass is 10.0. The minimum atomic E-state index is -0.970. The number of nitrogens with zero attached hydrogens (tertiary/aromatic N) is 4. The number of pyridine rings is 1. The molecule has 0 aliphatic heterocycles. The molecular formula is C11H10N4O2. The summed E-state index contributed by atoms with van der Waals surface area (Å²) in [4.78, 5) is 11.6. The molecule has 0 fully saturated rings. The molecule has 0 bridgehead atoms. The van der Waals surface area contributed by atoms with E-state index in [1.54, 1.807) is 29.7 Å². The highest BCUT2D eigenvalue weighted by atomic mass is 16.5. The highest BCUT2D eigenvalue weighted by molar-refractivity contribution is 5.83. The Kier molecular flexibility index (Phi) is 3.01. The van der Waals surface area contributed by atoms with Crippen LogP contribution in [-0.4, -0.2) is 27.2 Å². The van der Waals surface area contributed by atoms with E-state index >= 15 is 0 Å². The van der Waals surface area contributed by atoms with Gasteiger partial charge in [0.2, 0.25) is 0 Å². The van der Waals surface area contributed by atoms with Crippen LogP contribution >= 0.6 is 0 Å². The lowest BCUT2D eigenvalue weighted by Crippen LogP contribution is -2.15. The van der Waals surface area contributed by atoms with E-state index in [1.807, 2.05) is 6.07 Å². The molecule has 6 heteroatoms. The molecule has 2 rings (SSSR count). The Balaban J connectivity index is 2.47. The van der Waals surface area contributed by atoms with Gasteiger partial charge in [-0.05, 0) is 13.0 Å². The van der Waals surface area contributed by atoms with Crippen molar-refractivity contribution in [1.29, 1.82) is 5.26 Å². The summed E-state index contributed by atoms with van der Waals surface area (Å²) in [6.07, 6.45) is 3.26. The Bertz CT molecular complexity index is 584. The second kappa shape index (κ2) is 4.61. The van der Waals surface area contributed by atoms with Gasteiger partial charge in [-0.2, -0.15) is 5.26 Å². The van der Waals surface area contributed by atoms with Crippen LogP contribution in [0.4, 0.5) is 0 Å². The van der Waals surface area contributed by atoms with E-state index < -0.39 is 11.9 Å². The number of carbonyl (C=O) groups is 1. The number of esters is 1. The van der Waals surface area contributed by atoms with E-state index in [4.69, 9.17) is 10.00 Å². The normalized spacial score (nSPS) is 12.0. The minimum absolute atomic E-state index is 0.243. The Morgan fingerprint density at radius 1 is 1.71 bits per heavy atom. The maximum atomic E-state index is 11.6. The molecule has 0 radical (unpaired) electrons.